The third-order valence-electron chi connectivity index (χ3n) is 4.74. The van der Waals surface area contributed by atoms with Gasteiger partial charge in [-0.05, 0) is 31.1 Å². The van der Waals surface area contributed by atoms with Crippen molar-refractivity contribution in [3.63, 3.8) is 0 Å². The van der Waals surface area contributed by atoms with Crippen LogP contribution in [0.4, 0.5) is 5.82 Å². The number of amides is 1. The highest BCUT2D eigenvalue weighted by Gasteiger charge is 2.35. The van der Waals surface area contributed by atoms with Crippen LogP contribution >= 0.6 is 24.0 Å². The summed E-state index contributed by atoms with van der Waals surface area (Å²) >= 11 is 6.60. The van der Waals surface area contributed by atoms with Gasteiger partial charge in [0.15, 0.2) is 0 Å². The van der Waals surface area contributed by atoms with E-state index in [9.17, 15) is 9.59 Å². The van der Waals surface area contributed by atoms with Crippen LogP contribution < -0.4 is 10.9 Å². The molecule has 4 heterocycles. The highest BCUT2D eigenvalue weighted by atomic mass is 32.2. The number of carbonyl (C=O) groups is 1. The van der Waals surface area contributed by atoms with Gasteiger partial charge >= 0.3 is 0 Å². The molecule has 4 rings (SSSR count). The first-order valence-corrected chi connectivity index (χ1v) is 10.5. The number of thioether (sulfide) groups is 1. The second kappa shape index (κ2) is 8.48. The molecule has 0 bridgehead atoms. The van der Waals surface area contributed by atoms with Crippen molar-refractivity contribution < 1.29 is 9.53 Å². The minimum atomic E-state index is -0.258. The van der Waals surface area contributed by atoms with E-state index in [2.05, 4.69) is 16.9 Å². The van der Waals surface area contributed by atoms with E-state index in [1.54, 1.807) is 35.4 Å². The quantitative estimate of drug-likeness (QED) is 0.431. The number of pyridine rings is 1. The Bertz CT molecular complexity index is 1070. The number of rotatable bonds is 6. The standard InChI is InChI=1S/C20H20N4O3S2/c1-2-8-21-17-14(18(25)23-9-4-3-7-16(23)22-17)11-15-19(26)24(20(28)29-15)12-13-6-5-10-27-13/h2-4,7,9,11,13,21H,1,5-6,8,10,12H2/b15-11-/t13-/m1/s1. The maximum absolute atomic E-state index is 13.1. The summed E-state index contributed by atoms with van der Waals surface area (Å²) in [5.41, 5.74) is 0.576. The molecule has 0 spiro atoms. The van der Waals surface area contributed by atoms with Gasteiger partial charge in [0.2, 0.25) is 0 Å². The lowest BCUT2D eigenvalue weighted by Gasteiger charge is -2.18. The molecule has 2 fully saturated rings. The van der Waals surface area contributed by atoms with E-state index in [0.29, 0.717) is 46.0 Å². The molecular weight excluding hydrogens is 408 g/mol. The zero-order valence-corrected chi connectivity index (χ0v) is 17.3. The number of hydrogen-bond donors (Lipinski definition) is 1. The van der Waals surface area contributed by atoms with Crippen LogP contribution in [0.2, 0.25) is 0 Å². The summed E-state index contributed by atoms with van der Waals surface area (Å²) in [6, 6.07) is 5.33. The van der Waals surface area contributed by atoms with Gasteiger partial charge < -0.3 is 10.1 Å². The molecule has 0 radical (unpaired) electrons. The van der Waals surface area contributed by atoms with Gasteiger partial charge in [0.05, 0.1) is 23.1 Å². The van der Waals surface area contributed by atoms with Gasteiger partial charge in [-0.15, -0.1) is 6.58 Å². The van der Waals surface area contributed by atoms with Crippen LogP contribution in [0.3, 0.4) is 0 Å². The van der Waals surface area contributed by atoms with E-state index in [1.807, 2.05) is 6.07 Å². The van der Waals surface area contributed by atoms with Crippen molar-refractivity contribution in [1.82, 2.24) is 14.3 Å². The molecule has 29 heavy (non-hydrogen) atoms. The van der Waals surface area contributed by atoms with Crippen LogP contribution in [0.15, 0.2) is 46.8 Å². The lowest BCUT2D eigenvalue weighted by atomic mass is 10.2. The monoisotopic (exact) mass is 428 g/mol. The third kappa shape index (κ3) is 3.98. The van der Waals surface area contributed by atoms with E-state index in [-0.39, 0.29) is 17.6 Å². The molecule has 2 saturated heterocycles. The highest BCUT2D eigenvalue weighted by molar-refractivity contribution is 8.26. The fourth-order valence-corrected chi connectivity index (χ4v) is 4.57. The van der Waals surface area contributed by atoms with Crippen molar-refractivity contribution in [2.24, 2.45) is 0 Å². The molecule has 0 aliphatic carbocycles. The molecule has 7 nitrogen and oxygen atoms in total. The predicted octanol–water partition coefficient (Wildman–Crippen LogP) is 2.67. The number of ether oxygens (including phenoxy) is 1. The lowest BCUT2D eigenvalue weighted by Crippen LogP contribution is -2.35. The number of carbonyl (C=O) groups excluding carboxylic acids is 1. The number of fused-ring (bicyclic) bond motifs is 1. The second-order valence-electron chi connectivity index (χ2n) is 6.70. The summed E-state index contributed by atoms with van der Waals surface area (Å²) in [6.45, 7) is 5.29. The molecule has 1 amide bonds. The van der Waals surface area contributed by atoms with Crippen LogP contribution in [0, 0.1) is 0 Å². The molecule has 2 aliphatic heterocycles. The maximum Gasteiger partial charge on any atom is 0.267 e. The molecule has 1 N–H and O–H groups in total. The molecule has 1 atom stereocenters. The Balaban J connectivity index is 1.71. The number of nitrogens with one attached hydrogen (secondary N) is 1. The van der Waals surface area contributed by atoms with Gasteiger partial charge in [0, 0.05) is 19.3 Å². The Kier molecular flexibility index (Phi) is 5.79. The number of hydrogen-bond acceptors (Lipinski definition) is 7. The Labute approximate surface area is 177 Å². The van der Waals surface area contributed by atoms with E-state index >= 15 is 0 Å². The minimum Gasteiger partial charge on any atom is -0.376 e. The fourth-order valence-electron chi connectivity index (χ4n) is 3.32. The number of nitrogens with zero attached hydrogens (tertiary/aromatic N) is 3. The summed E-state index contributed by atoms with van der Waals surface area (Å²) in [5, 5.41) is 3.09. The Morgan fingerprint density at radius 2 is 2.28 bits per heavy atom. The lowest BCUT2D eigenvalue weighted by molar-refractivity contribution is -0.123. The minimum absolute atomic E-state index is 0.00892. The Morgan fingerprint density at radius 3 is 3.03 bits per heavy atom. The van der Waals surface area contributed by atoms with Crippen LogP contribution in [-0.2, 0) is 9.53 Å². The summed E-state index contributed by atoms with van der Waals surface area (Å²) < 4.78 is 7.57. The maximum atomic E-state index is 13.1. The first kappa shape index (κ1) is 19.8. The Hall–Kier alpha value is -2.49. The van der Waals surface area contributed by atoms with E-state index in [4.69, 9.17) is 17.0 Å². The number of anilines is 1. The molecule has 2 aliphatic rings. The van der Waals surface area contributed by atoms with Crippen molar-refractivity contribution in [1.29, 1.82) is 0 Å². The topological polar surface area (TPSA) is 75.9 Å². The SMILES string of the molecule is C=CCNc1nc2ccccn2c(=O)c1/C=C1\SC(=S)N(C[C@H]2CCCO2)C1=O. The van der Waals surface area contributed by atoms with Gasteiger partial charge in [0.25, 0.3) is 11.5 Å². The van der Waals surface area contributed by atoms with E-state index < -0.39 is 0 Å². The largest absolute Gasteiger partial charge is 0.376 e. The number of aromatic nitrogens is 2. The van der Waals surface area contributed by atoms with Gasteiger partial charge in [0.1, 0.15) is 15.8 Å². The van der Waals surface area contributed by atoms with Crippen LogP contribution in [-0.4, -0.2) is 50.3 Å². The molecule has 0 unspecified atom stereocenters. The average Bonchev–Trinajstić information content (AvgIpc) is 3.33. The molecular formula is C20H20N4O3S2. The zero-order chi connectivity index (χ0) is 20.4. The van der Waals surface area contributed by atoms with Gasteiger partial charge in [-0.2, -0.15) is 0 Å². The normalized spacial score (nSPS) is 20.8. The smallest absolute Gasteiger partial charge is 0.267 e. The van der Waals surface area contributed by atoms with Crippen molar-refractivity contribution in [2.45, 2.75) is 18.9 Å². The highest BCUT2D eigenvalue weighted by Crippen LogP contribution is 2.34. The second-order valence-corrected chi connectivity index (χ2v) is 8.38. The van der Waals surface area contributed by atoms with E-state index in [1.165, 1.54) is 16.2 Å². The van der Waals surface area contributed by atoms with E-state index in [0.717, 1.165) is 12.8 Å². The third-order valence-corrected chi connectivity index (χ3v) is 6.12. The number of thiocarbonyl (C=S) groups is 1. The van der Waals surface area contributed by atoms with Crippen molar-refractivity contribution >= 4 is 51.7 Å². The van der Waals surface area contributed by atoms with Gasteiger partial charge in [-0.3, -0.25) is 18.9 Å². The van der Waals surface area contributed by atoms with Gasteiger partial charge in [-0.25, -0.2) is 4.98 Å². The summed E-state index contributed by atoms with van der Waals surface area (Å²) in [5.74, 6) is 0.202. The molecule has 150 valence electrons. The van der Waals surface area contributed by atoms with Crippen LogP contribution in [0.25, 0.3) is 11.7 Å². The summed E-state index contributed by atoms with van der Waals surface area (Å²) in [6.07, 6.45) is 6.83. The summed E-state index contributed by atoms with van der Waals surface area (Å²) in [7, 11) is 0. The van der Waals surface area contributed by atoms with Crippen LogP contribution in [0.5, 0.6) is 0 Å². The predicted molar refractivity (Wildman–Crippen MR) is 119 cm³/mol. The van der Waals surface area contributed by atoms with Crippen LogP contribution in [0.1, 0.15) is 18.4 Å². The first-order chi connectivity index (χ1) is 14.1. The van der Waals surface area contributed by atoms with Crippen molar-refractivity contribution in [2.75, 3.05) is 25.0 Å². The first-order valence-electron chi connectivity index (χ1n) is 9.31. The molecule has 0 saturated carbocycles. The molecule has 0 aromatic carbocycles. The fraction of sp³-hybridized carbons (Fsp3) is 0.300. The molecule has 2 aromatic heterocycles. The van der Waals surface area contributed by atoms with Gasteiger partial charge in [-0.1, -0.05) is 36.1 Å². The summed E-state index contributed by atoms with van der Waals surface area (Å²) in [4.78, 5) is 32.5. The Morgan fingerprint density at radius 1 is 1.41 bits per heavy atom. The zero-order valence-electron chi connectivity index (χ0n) is 15.7. The van der Waals surface area contributed by atoms with Crippen molar-refractivity contribution in [3.8, 4) is 0 Å². The molecule has 2 aromatic rings. The van der Waals surface area contributed by atoms with Crippen molar-refractivity contribution in [3.05, 3.63) is 57.9 Å². The molecule has 9 heteroatoms. The average molecular weight is 429 g/mol.